The van der Waals surface area contributed by atoms with Gasteiger partial charge in [-0.05, 0) is 24.3 Å². The van der Waals surface area contributed by atoms with E-state index in [0.29, 0.717) is 5.70 Å². The van der Waals surface area contributed by atoms with Gasteiger partial charge >= 0.3 is 6.09 Å². The van der Waals surface area contributed by atoms with Crippen LogP contribution in [-0.2, 0) is 4.74 Å². The predicted octanol–water partition coefficient (Wildman–Crippen LogP) is 3.73. The lowest BCUT2D eigenvalue weighted by Gasteiger charge is -2.21. The number of hydrazine groups is 1. The third-order valence-electron chi connectivity index (χ3n) is 3.21. The lowest BCUT2D eigenvalue weighted by atomic mass is 10.1. The molecule has 5 nitrogen and oxygen atoms in total. The fourth-order valence-electron chi connectivity index (χ4n) is 2.08. The standard InChI is InChI=1S/C16H15N3O2S/c1-10(18-19-16(20)21-2)11-7-8-15-13(9-11)17-12-5-3-4-6-14(12)22-15/h3-9,17-18H,1H2,2H3,(H,19,20). The van der Waals surface area contributed by atoms with Crippen LogP contribution in [0.5, 0.6) is 0 Å². The number of nitrogens with one attached hydrogen (secondary N) is 3. The zero-order valence-electron chi connectivity index (χ0n) is 12.0. The normalized spacial score (nSPS) is 11.5. The Balaban J connectivity index is 1.78. The molecule has 0 saturated heterocycles. The molecule has 0 unspecified atom stereocenters. The Morgan fingerprint density at radius 2 is 1.91 bits per heavy atom. The van der Waals surface area contributed by atoms with E-state index >= 15 is 0 Å². The summed E-state index contributed by atoms with van der Waals surface area (Å²) in [5.74, 6) is 0. The maximum atomic E-state index is 11.1. The second kappa shape index (κ2) is 6.03. The van der Waals surface area contributed by atoms with Gasteiger partial charge in [-0.3, -0.25) is 5.43 Å². The number of amides is 1. The van der Waals surface area contributed by atoms with Crippen molar-refractivity contribution in [2.24, 2.45) is 0 Å². The molecule has 1 aliphatic rings. The van der Waals surface area contributed by atoms with Crippen molar-refractivity contribution in [2.75, 3.05) is 12.4 Å². The molecule has 0 radical (unpaired) electrons. The molecule has 1 amide bonds. The molecule has 1 heterocycles. The van der Waals surface area contributed by atoms with Crippen molar-refractivity contribution in [1.82, 2.24) is 10.9 Å². The first-order valence-corrected chi connectivity index (χ1v) is 7.46. The van der Waals surface area contributed by atoms with E-state index in [9.17, 15) is 4.79 Å². The molecular formula is C16H15N3O2S. The number of methoxy groups -OCH3 is 1. The number of para-hydroxylation sites is 1. The van der Waals surface area contributed by atoms with E-state index < -0.39 is 6.09 Å². The zero-order chi connectivity index (χ0) is 15.5. The molecule has 112 valence electrons. The van der Waals surface area contributed by atoms with Crippen LogP contribution in [0.4, 0.5) is 16.2 Å². The second-order valence-corrected chi connectivity index (χ2v) is 5.74. The molecule has 22 heavy (non-hydrogen) atoms. The highest BCUT2D eigenvalue weighted by atomic mass is 32.2. The molecule has 2 aromatic carbocycles. The van der Waals surface area contributed by atoms with Crippen LogP contribution >= 0.6 is 11.8 Å². The summed E-state index contributed by atoms with van der Waals surface area (Å²) < 4.78 is 4.50. The van der Waals surface area contributed by atoms with Crippen LogP contribution < -0.4 is 16.2 Å². The second-order valence-electron chi connectivity index (χ2n) is 4.65. The topological polar surface area (TPSA) is 62.4 Å². The summed E-state index contributed by atoms with van der Waals surface area (Å²) in [6.45, 7) is 3.91. The zero-order valence-corrected chi connectivity index (χ0v) is 12.8. The van der Waals surface area contributed by atoms with Gasteiger partial charge in [-0.15, -0.1) is 0 Å². The summed E-state index contributed by atoms with van der Waals surface area (Å²) in [6, 6.07) is 14.1. The summed E-state index contributed by atoms with van der Waals surface area (Å²) in [5.41, 5.74) is 8.67. The average Bonchev–Trinajstić information content (AvgIpc) is 2.56. The first-order chi connectivity index (χ1) is 10.7. The Morgan fingerprint density at radius 1 is 1.14 bits per heavy atom. The maximum Gasteiger partial charge on any atom is 0.425 e. The number of carbonyl (C=O) groups excluding carboxylic acids is 1. The van der Waals surface area contributed by atoms with Crippen molar-refractivity contribution in [3.8, 4) is 0 Å². The van der Waals surface area contributed by atoms with Gasteiger partial charge in [-0.2, -0.15) is 0 Å². The molecule has 0 fully saturated rings. The lowest BCUT2D eigenvalue weighted by Crippen LogP contribution is -2.35. The Hall–Kier alpha value is -2.60. The molecule has 0 atom stereocenters. The van der Waals surface area contributed by atoms with Crippen LogP contribution in [0.2, 0.25) is 0 Å². The number of hydrogen-bond donors (Lipinski definition) is 3. The third kappa shape index (κ3) is 2.87. The van der Waals surface area contributed by atoms with E-state index in [0.717, 1.165) is 21.8 Å². The number of benzene rings is 2. The fraction of sp³-hybridized carbons (Fsp3) is 0.0625. The first kappa shape index (κ1) is 14.3. The van der Waals surface area contributed by atoms with Crippen LogP contribution in [0.15, 0.2) is 58.8 Å². The average molecular weight is 313 g/mol. The van der Waals surface area contributed by atoms with Crippen molar-refractivity contribution in [3.05, 3.63) is 54.6 Å². The van der Waals surface area contributed by atoms with Crippen molar-refractivity contribution < 1.29 is 9.53 Å². The Morgan fingerprint density at radius 3 is 2.73 bits per heavy atom. The van der Waals surface area contributed by atoms with E-state index in [1.807, 2.05) is 36.4 Å². The molecule has 0 spiro atoms. The van der Waals surface area contributed by atoms with Gasteiger partial charge in [0.05, 0.1) is 24.2 Å². The summed E-state index contributed by atoms with van der Waals surface area (Å²) in [5, 5.41) is 3.41. The number of rotatable bonds is 3. The maximum absolute atomic E-state index is 11.1. The molecule has 0 bridgehead atoms. The van der Waals surface area contributed by atoms with E-state index in [4.69, 9.17) is 0 Å². The summed E-state index contributed by atoms with van der Waals surface area (Å²) >= 11 is 1.72. The quantitative estimate of drug-likeness (QED) is 0.643. The van der Waals surface area contributed by atoms with Crippen molar-refractivity contribution in [2.45, 2.75) is 9.79 Å². The molecule has 0 aliphatic carbocycles. The molecule has 1 aliphatic heterocycles. The van der Waals surface area contributed by atoms with Gasteiger partial charge < -0.3 is 10.1 Å². The van der Waals surface area contributed by atoms with Crippen LogP contribution in [0.1, 0.15) is 5.56 Å². The smallest absolute Gasteiger partial charge is 0.425 e. The largest absolute Gasteiger partial charge is 0.452 e. The van der Waals surface area contributed by atoms with Crippen LogP contribution in [0.25, 0.3) is 5.70 Å². The monoisotopic (exact) mass is 313 g/mol. The van der Waals surface area contributed by atoms with E-state index in [2.05, 4.69) is 33.6 Å². The van der Waals surface area contributed by atoms with Gasteiger partial charge in [0.15, 0.2) is 0 Å². The Kier molecular flexibility index (Phi) is 3.93. The first-order valence-electron chi connectivity index (χ1n) is 6.64. The van der Waals surface area contributed by atoms with Gasteiger partial charge in [-0.25, -0.2) is 10.2 Å². The van der Waals surface area contributed by atoms with E-state index in [-0.39, 0.29) is 0 Å². The Bertz CT molecular complexity index is 746. The van der Waals surface area contributed by atoms with Crippen LogP contribution in [-0.4, -0.2) is 13.2 Å². The van der Waals surface area contributed by atoms with Crippen molar-refractivity contribution in [1.29, 1.82) is 0 Å². The van der Waals surface area contributed by atoms with E-state index in [1.165, 1.54) is 12.0 Å². The summed E-state index contributed by atoms with van der Waals surface area (Å²) in [6.07, 6.45) is -0.568. The van der Waals surface area contributed by atoms with Crippen molar-refractivity contribution in [3.63, 3.8) is 0 Å². The molecule has 0 aromatic heterocycles. The molecule has 3 rings (SSSR count). The van der Waals surface area contributed by atoms with Gasteiger partial charge in [0, 0.05) is 15.4 Å². The van der Waals surface area contributed by atoms with Gasteiger partial charge in [0.1, 0.15) is 0 Å². The molecule has 6 heteroatoms. The van der Waals surface area contributed by atoms with Gasteiger partial charge in [-0.1, -0.05) is 36.5 Å². The highest BCUT2D eigenvalue weighted by Gasteiger charge is 2.15. The minimum Gasteiger partial charge on any atom is -0.452 e. The lowest BCUT2D eigenvalue weighted by molar-refractivity contribution is 0.168. The van der Waals surface area contributed by atoms with Crippen LogP contribution in [0.3, 0.4) is 0 Å². The Labute approximate surface area is 132 Å². The molecule has 0 saturated carbocycles. The van der Waals surface area contributed by atoms with Gasteiger partial charge in [0.25, 0.3) is 0 Å². The summed E-state index contributed by atoms with van der Waals surface area (Å²) in [7, 11) is 1.30. The number of anilines is 2. The number of ether oxygens (including phenoxy) is 1. The van der Waals surface area contributed by atoms with Crippen LogP contribution in [0, 0.1) is 0 Å². The van der Waals surface area contributed by atoms with E-state index in [1.54, 1.807) is 11.8 Å². The molecular weight excluding hydrogens is 298 g/mol. The summed E-state index contributed by atoms with van der Waals surface area (Å²) in [4.78, 5) is 13.4. The number of hydrogen-bond acceptors (Lipinski definition) is 5. The van der Waals surface area contributed by atoms with Gasteiger partial charge in [0.2, 0.25) is 0 Å². The SMILES string of the molecule is C=C(NNC(=O)OC)c1ccc2c(c1)Nc1ccccc1S2. The number of carbonyl (C=O) groups is 1. The van der Waals surface area contributed by atoms with Crippen molar-refractivity contribution >= 4 is 34.9 Å². The fourth-order valence-corrected chi connectivity index (χ4v) is 3.05. The highest BCUT2D eigenvalue weighted by molar-refractivity contribution is 7.99. The molecule has 2 aromatic rings. The minimum absolute atomic E-state index is 0.568. The highest BCUT2D eigenvalue weighted by Crippen LogP contribution is 2.44. The number of fused-ring (bicyclic) bond motifs is 2. The molecule has 3 N–H and O–H groups in total. The third-order valence-corrected chi connectivity index (χ3v) is 4.36. The predicted molar refractivity (Wildman–Crippen MR) is 88.0 cm³/mol. The minimum atomic E-state index is -0.568.